The van der Waals surface area contributed by atoms with Gasteiger partial charge < -0.3 is 16.0 Å². The summed E-state index contributed by atoms with van der Waals surface area (Å²) in [6.07, 6.45) is 7.01. The summed E-state index contributed by atoms with van der Waals surface area (Å²) in [5.74, 6) is 0.378. The van der Waals surface area contributed by atoms with Crippen molar-refractivity contribution < 1.29 is 4.79 Å². The fourth-order valence-electron chi connectivity index (χ4n) is 4.18. The van der Waals surface area contributed by atoms with Crippen LogP contribution in [0.5, 0.6) is 0 Å². The Hall–Kier alpha value is -3.58. The van der Waals surface area contributed by atoms with Gasteiger partial charge >= 0.3 is 0 Å². The average Bonchev–Trinajstić information content (AvgIpc) is 3.21. The highest BCUT2D eigenvalue weighted by Crippen LogP contribution is 2.29. The second kappa shape index (κ2) is 8.51. The van der Waals surface area contributed by atoms with Crippen LogP contribution in [0.15, 0.2) is 60.9 Å². The molecule has 1 amide bonds. The maximum absolute atomic E-state index is 11.9. The fourth-order valence-corrected chi connectivity index (χ4v) is 4.36. The average molecular weight is 447 g/mol. The third kappa shape index (κ3) is 3.87. The van der Waals surface area contributed by atoms with Gasteiger partial charge in [-0.3, -0.25) is 9.36 Å². The molecule has 0 radical (unpaired) electrons. The molecule has 5 rings (SSSR count). The number of fused-ring (bicyclic) bond motifs is 1. The van der Waals surface area contributed by atoms with Gasteiger partial charge in [0.1, 0.15) is 5.02 Å². The minimum atomic E-state index is -0.503. The van der Waals surface area contributed by atoms with Crippen molar-refractivity contribution in [1.29, 1.82) is 0 Å². The second-order valence-corrected chi connectivity index (χ2v) is 8.29. The molecular formula is C24H23ClN6O. The Balaban J connectivity index is 1.45. The first-order valence-electron chi connectivity index (χ1n) is 10.6. The molecule has 0 bridgehead atoms. The van der Waals surface area contributed by atoms with Crippen molar-refractivity contribution in [3.63, 3.8) is 0 Å². The van der Waals surface area contributed by atoms with Crippen molar-refractivity contribution in [1.82, 2.24) is 14.5 Å². The van der Waals surface area contributed by atoms with Crippen molar-refractivity contribution in [2.24, 2.45) is 5.73 Å². The quantitative estimate of drug-likeness (QED) is 0.454. The maximum atomic E-state index is 11.9. The lowest BCUT2D eigenvalue weighted by Gasteiger charge is -2.28. The van der Waals surface area contributed by atoms with Crippen molar-refractivity contribution >= 4 is 45.7 Å². The molecule has 4 aromatic rings. The molecule has 1 saturated heterocycles. The first kappa shape index (κ1) is 20.3. The van der Waals surface area contributed by atoms with Gasteiger partial charge in [-0.2, -0.15) is 4.98 Å². The summed E-state index contributed by atoms with van der Waals surface area (Å²) >= 11 is 6.43. The Kier molecular flexibility index (Phi) is 5.41. The number of hydrogen-bond donors (Lipinski definition) is 2. The van der Waals surface area contributed by atoms with Crippen LogP contribution in [0.4, 0.5) is 17.3 Å². The van der Waals surface area contributed by atoms with Crippen LogP contribution in [0.2, 0.25) is 5.02 Å². The summed E-state index contributed by atoms with van der Waals surface area (Å²) in [4.78, 5) is 23.3. The Labute approximate surface area is 190 Å². The molecule has 3 N–H and O–H groups in total. The number of nitrogens with one attached hydrogen (secondary N) is 1. The van der Waals surface area contributed by atoms with Gasteiger partial charge in [0.2, 0.25) is 5.95 Å². The number of carbonyl (C=O) groups is 1. The van der Waals surface area contributed by atoms with E-state index in [0.29, 0.717) is 22.4 Å². The van der Waals surface area contributed by atoms with Gasteiger partial charge in [0.15, 0.2) is 5.82 Å². The highest BCUT2D eigenvalue weighted by molar-refractivity contribution is 6.32. The lowest BCUT2D eigenvalue weighted by Crippen LogP contribution is -2.29. The number of nitrogens with zero attached hydrogens (tertiary/aromatic N) is 4. The van der Waals surface area contributed by atoms with E-state index in [-0.39, 0.29) is 0 Å². The van der Waals surface area contributed by atoms with Gasteiger partial charge in [-0.1, -0.05) is 29.8 Å². The number of aromatic nitrogens is 3. The molecule has 0 aliphatic carbocycles. The summed E-state index contributed by atoms with van der Waals surface area (Å²) in [7, 11) is 0. The van der Waals surface area contributed by atoms with Crippen molar-refractivity contribution in [3.05, 3.63) is 71.5 Å². The molecule has 3 heterocycles. The van der Waals surface area contributed by atoms with E-state index in [9.17, 15) is 4.79 Å². The van der Waals surface area contributed by atoms with E-state index < -0.39 is 5.91 Å². The van der Waals surface area contributed by atoms with E-state index in [1.807, 2.05) is 36.4 Å². The van der Waals surface area contributed by atoms with Gasteiger partial charge in [-0.15, -0.1) is 0 Å². The van der Waals surface area contributed by atoms with Gasteiger partial charge in [0.05, 0.1) is 17.3 Å². The highest BCUT2D eigenvalue weighted by Gasteiger charge is 2.17. The van der Waals surface area contributed by atoms with Crippen LogP contribution >= 0.6 is 11.6 Å². The highest BCUT2D eigenvalue weighted by atomic mass is 35.5. The van der Waals surface area contributed by atoms with E-state index >= 15 is 0 Å². The molecule has 8 heteroatoms. The van der Waals surface area contributed by atoms with E-state index in [4.69, 9.17) is 17.3 Å². The predicted molar refractivity (Wildman–Crippen MR) is 128 cm³/mol. The lowest BCUT2D eigenvalue weighted by atomic mass is 10.1. The Morgan fingerprint density at radius 3 is 2.53 bits per heavy atom. The zero-order chi connectivity index (χ0) is 22.1. The summed E-state index contributed by atoms with van der Waals surface area (Å²) in [5, 5.41) is 4.36. The Morgan fingerprint density at radius 2 is 1.78 bits per heavy atom. The van der Waals surface area contributed by atoms with Crippen LogP contribution in [0, 0.1) is 0 Å². The van der Waals surface area contributed by atoms with Crippen LogP contribution in [0.1, 0.15) is 29.6 Å². The van der Waals surface area contributed by atoms with Gasteiger partial charge in [-0.05, 0) is 49.6 Å². The Morgan fingerprint density at radius 1 is 1.03 bits per heavy atom. The Bertz CT molecular complexity index is 1280. The number of amides is 1. The SMILES string of the molecule is NC(=O)c1cn(-c2nc(Nc3ccc(N4CCCCC4)cc3)ncc2Cl)c2ccccc12. The minimum Gasteiger partial charge on any atom is -0.372 e. The molecule has 7 nitrogen and oxygen atoms in total. The zero-order valence-electron chi connectivity index (χ0n) is 17.5. The monoisotopic (exact) mass is 446 g/mol. The molecule has 0 atom stereocenters. The molecular weight excluding hydrogens is 424 g/mol. The van der Waals surface area contributed by atoms with Crippen molar-refractivity contribution in [2.45, 2.75) is 19.3 Å². The number of primary amides is 1. The van der Waals surface area contributed by atoms with Crippen molar-refractivity contribution in [2.75, 3.05) is 23.3 Å². The normalized spacial score (nSPS) is 14.0. The third-order valence-electron chi connectivity index (χ3n) is 5.78. The van der Waals surface area contributed by atoms with Crippen molar-refractivity contribution in [3.8, 4) is 5.82 Å². The molecule has 0 spiro atoms. The predicted octanol–water partition coefficient (Wildman–Crippen LogP) is 4.91. The topological polar surface area (TPSA) is 89.1 Å². The molecule has 1 aliphatic rings. The van der Waals surface area contributed by atoms with Crippen LogP contribution in [0.25, 0.3) is 16.7 Å². The lowest BCUT2D eigenvalue weighted by molar-refractivity contribution is 0.100. The molecule has 1 aliphatic heterocycles. The van der Waals surface area contributed by atoms with Gasteiger partial charge in [0, 0.05) is 36.0 Å². The van der Waals surface area contributed by atoms with Gasteiger partial charge in [0.25, 0.3) is 5.91 Å². The molecule has 2 aromatic carbocycles. The number of hydrogen-bond acceptors (Lipinski definition) is 5. The summed E-state index contributed by atoms with van der Waals surface area (Å²) in [6.45, 7) is 2.21. The smallest absolute Gasteiger partial charge is 0.250 e. The van der Waals surface area contributed by atoms with E-state index in [1.165, 1.54) is 24.9 Å². The number of nitrogens with two attached hydrogens (primary N) is 1. The molecule has 162 valence electrons. The number of halogens is 1. The van der Waals surface area contributed by atoms with Crippen LogP contribution in [0.3, 0.4) is 0 Å². The van der Waals surface area contributed by atoms with E-state index in [2.05, 4.69) is 32.3 Å². The first-order valence-corrected chi connectivity index (χ1v) is 11.0. The first-order chi connectivity index (χ1) is 15.6. The van der Waals surface area contributed by atoms with Crippen LogP contribution in [-0.4, -0.2) is 33.5 Å². The molecule has 0 saturated carbocycles. The maximum Gasteiger partial charge on any atom is 0.250 e. The zero-order valence-corrected chi connectivity index (χ0v) is 18.2. The summed E-state index contributed by atoms with van der Waals surface area (Å²) < 4.78 is 1.77. The van der Waals surface area contributed by atoms with Crippen LogP contribution in [-0.2, 0) is 0 Å². The fraction of sp³-hybridized carbons (Fsp3) is 0.208. The minimum absolute atomic E-state index is 0.368. The number of piperidine rings is 1. The van der Waals surface area contributed by atoms with E-state index in [1.54, 1.807) is 17.0 Å². The molecule has 2 aromatic heterocycles. The number of carbonyl (C=O) groups excluding carboxylic acids is 1. The van der Waals surface area contributed by atoms with E-state index in [0.717, 1.165) is 29.7 Å². The standard InChI is InChI=1S/C24H23ClN6O/c25-20-14-27-24(28-16-8-10-17(11-9-16)30-12-4-1-5-13-30)29-23(20)31-15-19(22(26)32)18-6-2-3-7-21(18)31/h2-3,6-11,14-15H,1,4-5,12-13H2,(H2,26,32)(H,27,28,29). The molecule has 0 unspecified atom stereocenters. The van der Waals surface area contributed by atoms with Crippen LogP contribution < -0.4 is 16.0 Å². The van der Waals surface area contributed by atoms with Gasteiger partial charge in [-0.25, -0.2) is 4.98 Å². The number of anilines is 3. The largest absolute Gasteiger partial charge is 0.372 e. The number of para-hydroxylation sites is 1. The number of rotatable bonds is 5. The summed E-state index contributed by atoms with van der Waals surface area (Å²) in [5.41, 5.74) is 8.89. The summed E-state index contributed by atoms with van der Waals surface area (Å²) in [6, 6.07) is 15.8. The third-order valence-corrected chi connectivity index (χ3v) is 6.04. The molecule has 1 fully saturated rings. The second-order valence-electron chi connectivity index (χ2n) is 7.88. The molecule has 32 heavy (non-hydrogen) atoms. The number of benzene rings is 2.